The van der Waals surface area contributed by atoms with E-state index in [1.165, 1.54) is 25.2 Å². The summed E-state index contributed by atoms with van der Waals surface area (Å²) in [6, 6.07) is 18.9. The number of amides is 4. The molecule has 4 aromatic rings. The zero-order valence-corrected chi connectivity index (χ0v) is 34.0. The molecule has 3 aromatic carbocycles. The molecule has 320 valence electrons. The maximum atomic E-state index is 14.1. The third-order valence-electron chi connectivity index (χ3n) is 12.2. The van der Waals surface area contributed by atoms with Crippen LogP contribution in [0.2, 0.25) is 0 Å². The number of aromatic nitrogens is 1. The number of imide groups is 1. The number of anilines is 5. The lowest BCUT2D eigenvalue weighted by Gasteiger charge is -2.43. The van der Waals surface area contributed by atoms with Gasteiger partial charge in [0.25, 0.3) is 11.8 Å². The third kappa shape index (κ3) is 8.84. The number of benzene rings is 3. The summed E-state index contributed by atoms with van der Waals surface area (Å²) in [5.74, 6) is -0.643. The van der Waals surface area contributed by atoms with Crippen LogP contribution in [-0.4, -0.2) is 109 Å². The lowest BCUT2D eigenvalue weighted by atomic mass is 10.0. The highest BCUT2D eigenvalue weighted by Gasteiger charge is 2.40. The molecule has 0 bridgehead atoms. The molecule has 4 aliphatic heterocycles. The van der Waals surface area contributed by atoms with Crippen molar-refractivity contribution in [2.75, 3.05) is 69.0 Å². The van der Waals surface area contributed by atoms with Crippen LogP contribution in [0.5, 0.6) is 5.75 Å². The average Bonchev–Trinajstić information content (AvgIpc) is 3.60. The zero-order chi connectivity index (χ0) is 42.8. The third-order valence-corrected chi connectivity index (χ3v) is 12.2. The fraction of sp³-hybridized carbons (Fsp3) is 0.386. The number of fused-ring (bicyclic) bond motifs is 1. The molecule has 8 rings (SSSR count). The maximum Gasteiger partial charge on any atom is 0.419 e. The van der Waals surface area contributed by atoms with E-state index in [-0.39, 0.29) is 41.0 Å². The number of hydrogen-bond donors (Lipinski definition) is 4. The van der Waals surface area contributed by atoms with Crippen molar-refractivity contribution in [1.82, 2.24) is 30.3 Å². The molecule has 1 unspecified atom stereocenters. The molecule has 17 heteroatoms. The molecule has 0 spiro atoms. The molecule has 0 saturated carbocycles. The topological polar surface area (TPSA) is 151 Å². The Morgan fingerprint density at radius 2 is 1.66 bits per heavy atom. The zero-order valence-electron chi connectivity index (χ0n) is 34.0. The Labute approximate surface area is 351 Å². The van der Waals surface area contributed by atoms with Gasteiger partial charge in [0, 0.05) is 101 Å². The summed E-state index contributed by atoms with van der Waals surface area (Å²) >= 11 is 0. The van der Waals surface area contributed by atoms with Gasteiger partial charge in [-0.2, -0.15) is 13.2 Å². The molecular weight excluding hydrogens is 792 g/mol. The van der Waals surface area contributed by atoms with Crippen LogP contribution in [0, 0.1) is 0 Å². The summed E-state index contributed by atoms with van der Waals surface area (Å²) in [6.07, 6.45) is -1.40. The standard InChI is InChI=1S/C44H48F3N9O5/c1-48-41(58)31-7-3-4-9-34(31)50-36-23-39(49-24-33(36)44(45,46)47)51-35-11-10-29(22-38(35)61-2)54-16-14-28(15-17-54)55-20-18-53(19-21-55)25-27-6-5-8-30-32(27)26-56(43(30)60)37-12-13-40(57)52-42(37)59/h3-11,22-24,28,37H,12-21,25-26H2,1-2H3,(H,48,58)(H2,49,50,51)(H,52,57,59). The van der Waals surface area contributed by atoms with Crippen LogP contribution >= 0.6 is 0 Å². The molecule has 0 aliphatic carbocycles. The van der Waals surface area contributed by atoms with Crippen LogP contribution in [-0.2, 0) is 28.9 Å². The summed E-state index contributed by atoms with van der Waals surface area (Å²) in [5.41, 5.74) is 3.36. The highest BCUT2D eigenvalue weighted by molar-refractivity contribution is 6.05. The molecule has 4 N–H and O–H groups in total. The van der Waals surface area contributed by atoms with E-state index in [9.17, 15) is 32.3 Å². The van der Waals surface area contributed by atoms with Crippen molar-refractivity contribution in [2.45, 2.75) is 57.0 Å². The fourth-order valence-electron chi connectivity index (χ4n) is 8.86. The number of piperazine rings is 1. The molecule has 14 nitrogen and oxygen atoms in total. The number of nitrogens with one attached hydrogen (secondary N) is 4. The minimum Gasteiger partial charge on any atom is -0.494 e. The monoisotopic (exact) mass is 839 g/mol. The molecule has 0 radical (unpaired) electrons. The molecule has 5 heterocycles. The van der Waals surface area contributed by atoms with Crippen molar-refractivity contribution in [3.63, 3.8) is 0 Å². The van der Waals surface area contributed by atoms with E-state index < -0.39 is 29.6 Å². The first-order valence-corrected chi connectivity index (χ1v) is 20.5. The average molecular weight is 840 g/mol. The maximum absolute atomic E-state index is 14.1. The van der Waals surface area contributed by atoms with Gasteiger partial charge in [-0.05, 0) is 60.7 Å². The van der Waals surface area contributed by atoms with E-state index in [0.29, 0.717) is 36.0 Å². The van der Waals surface area contributed by atoms with Gasteiger partial charge in [0.2, 0.25) is 11.8 Å². The Balaban J connectivity index is 0.860. The number of alkyl halides is 3. The second-order valence-electron chi connectivity index (χ2n) is 15.7. The molecule has 3 fully saturated rings. The number of ether oxygens (including phenoxy) is 1. The molecule has 61 heavy (non-hydrogen) atoms. The van der Waals surface area contributed by atoms with Crippen LogP contribution in [0.3, 0.4) is 0 Å². The van der Waals surface area contributed by atoms with E-state index in [0.717, 1.165) is 81.7 Å². The molecule has 4 amide bonds. The Hall–Kier alpha value is -6.20. The lowest BCUT2D eigenvalue weighted by Crippen LogP contribution is -2.53. The van der Waals surface area contributed by atoms with Crippen molar-refractivity contribution in [1.29, 1.82) is 0 Å². The normalized spacial score (nSPS) is 19.1. The first kappa shape index (κ1) is 41.5. The van der Waals surface area contributed by atoms with Crippen LogP contribution in [0.25, 0.3) is 0 Å². The number of para-hydroxylation sites is 1. The second-order valence-corrected chi connectivity index (χ2v) is 15.7. The van der Waals surface area contributed by atoms with Gasteiger partial charge in [-0.1, -0.05) is 24.3 Å². The van der Waals surface area contributed by atoms with Crippen molar-refractivity contribution in [2.24, 2.45) is 0 Å². The molecule has 1 atom stereocenters. The van der Waals surface area contributed by atoms with Crippen molar-refractivity contribution in [3.8, 4) is 5.75 Å². The minimum absolute atomic E-state index is 0.152. The van der Waals surface area contributed by atoms with Gasteiger partial charge in [0.15, 0.2) is 0 Å². The first-order chi connectivity index (χ1) is 29.4. The van der Waals surface area contributed by atoms with Gasteiger partial charge >= 0.3 is 6.18 Å². The Morgan fingerprint density at radius 3 is 2.38 bits per heavy atom. The number of carbonyl (C=O) groups excluding carboxylic acids is 4. The van der Waals surface area contributed by atoms with E-state index >= 15 is 0 Å². The summed E-state index contributed by atoms with van der Waals surface area (Å²) in [4.78, 5) is 63.0. The molecule has 4 aliphatic rings. The minimum atomic E-state index is -4.70. The Morgan fingerprint density at radius 1 is 0.885 bits per heavy atom. The lowest BCUT2D eigenvalue weighted by molar-refractivity contribution is -0.138. The first-order valence-electron chi connectivity index (χ1n) is 20.5. The highest BCUT2D eigenvalue weighted by atomic mass is 19.4. The van der Waals surface area contributed by atoms with E-state index in [4.69, 9.17) is 4.74 Å². The summed E-state index contributed by atoms with van der Waals surface area (Å²) in [7, 11) is 2.99. The number of nitrogens with zero attached hydrogens (tertiary/aromatic N) is 5. The van der Waals surface area contributed by atoms with Gasteiger partial charge in [-0.15, -0.1) is 0 Å². The summed E-state index contributed by atoms with van der Waals surface area (Å²) in [5, 5.41) is 10.8. The SMILES string of the molecule is CNC(=O)c1ccccc1Nc1cc(Nc2ccc(N3CCC(N4CCN(Cc5cccc6c5CN(C5CCC(=O)NC5=O)C6=O)CC4)CC3)cc2OC)ncc1C(F)(F)F. The van der Waals surface area contributed by atoms with Crippen LogP contribution in [0.1, 0.15) is 63.1 Å². The molecular formula is C44H48F3N9O5. The number of rotatable bonds is 11. The van der Waals surface area contributed by atoms with Gasteiger partial charge in [-0.25, -0.2) is 4.98 Å². The van der Waals surface area contributed by atoms with Crippen LogP contribution < -0.4 is 30.9 Å². The largest absolute Gasteiger partial charge is 0.494 e. The number of methoxy groups -OCH3 is 1. The van der Waals surface area contributed by atoms with Gasteiger partial charge in [-0.3, -0.25) is 34.3 Å². The smallest absolute Gasteiger partial charge is 0.419 e. The number of carbonyl (C=O) groups is 4. The summed E-state index contributed by atoms with van der Waals surface area (Å²) in [6.45, 7) is 6.45. The number of halogens is 3. The molecule has 3 saturated heterocycles. The molecule has 1 aromatic heterocycles. The quantitative estimate of drug-likeness (QED) is 0.142. The number of pyridine rings is 1. The Kier molecular flexibility index (Phi) is 11.9. The van der Waals surface area contributed by atoms with Gasteiger partial charge in [0.05, 0.1) is 35.3 Å². The predicted octanol–water partition coefficient (Wildman–Crippen LogP) is 5.50. The van der Waals surface area contributed by atoms with Crippen molar-refractivity contribution >= 4 is 52.2 Å². The number of hydrogen-bond acceptors (Lipinski definition) is 11. The number of piperidine rings is 2. The van der Waals surface area contributed by atoms with Crippen LogP contribution in [0.4, 0.5) is 41.7 Å². The fourth-order valence-corrected chi connectivity index (χ4v) is 8.86. The predicted molar refractivity (Wildman–Crippen MR) is 223 cm³/mol. The van der Waals surface area contributed by atoms with E-state index in [2.05, 4.69) is 47.0 Å². The second kappa shape index (κ2) is 17.4. The Bertz CT molecular complexity index is 2330. The van der Waals surface area contributed by atoms with Crippen molar-refractivity contribution < 1.29 is 37.1 Å². The summed E-state index contributed by atoms with van der Waals surface area (Å²) < 4.78 is 48.0. The van der Waals surface area contributed by atoms with E-state index in [1.54, 1.807) is 24.1 Å². The van der Waals surface area contributed by atoms with Gasteiger partial charge in [0.1, 0.15) is 17.6 Å². The highest BCUT2D eigenvalue weighted by Crippen LogP contribution is 2.39. The van der Waals surface area contributed by atoms with Gasteiger partial charge < -0.3 is 30.5 Å². The van der Waals surface area contributed by atoms with E-state index in [1.807, 2.05) is 30.3 Å². The van der Waals surface area contributed by atoms with Crippen molar-refractivity contribution in [3.05, 3.63) is 101 Å². The van der Waals surface area contributed by atoms with Crippen LogP contribution in [0.15, 0.2) is 72.9 Å².